The average Bonchev–Trinajstić information content (AvgIpc) is 3.05. The average molecular weight is 672 g/mol. The second-order valence-electron chi connectivity index (χ2n) is 9.40. The maximum Gasteiger partial charge on any atom is 0.343 e. The van der Waals surface area contributed by atoms with Gasteiger partial charge in [0.25, 0.3) is 0 Å². The van der Waals surface area contributed by atoms with Crippen molar-refractivity contribution in [3.05, 3.63) is 107 Å². The highest BCUT2D eigenvalue weighted by molar-refractivity contribution is 6.32. The van der Waals surface area contributed by atoms with Crippen molar-refractivity contribution in [3.63, 3.8) is 0 Å². The van der Waals surface area contributed by atoms with Crippen LogP contribution in [-0.4, -0.2) is 50.3 Å². The molecular weight excluding hydrogens is 639 g/mol. The highest BCUT2D eigenvalue weighted by atomic mass is 35.5. The van der Waals surface area contributed by atoms with E-state index < -0.39 is 23.9 Å². The highest BCUT2D eigenvalue weighted by Gasteiger charge is 2.15. The Morgan fingerprint density at radius 2 is 0.935 bits per heavy atom. The Hall–Kier alpha value is -4.80. The number of ether oxygens (including phenoxy) is 6. The van der Waals surface area contributed by atoms with Crippen LogP contribution in [0.3, 0.4) is 0 Å². The van der Waals surface area contributed by atoms with Gasteiger partial charge in [0.1, 0.15) is 23.0 Å². The summed E-state index contributed by atoms with van der Waals surface area (Å²) in [4.78, 5) is 47.4. The molecule has 10 nitrogen and oxygen atoms in total. The van der Waals surface area contributed by atoms with E-state index in [1.165, 1.54) is 48.5 Å². The van der Waals surface area contributed by atoms with Crippen LogP contribution in [0.15, 0.2) is 86.0 Å². The molecule has 0 fully saturated rings. The minimum absolute atomic E-state index is 0.211. The van der Waals surface area contributed by atoms with Crippen molar-refractivity contribution in [3.8, 4) is 23.0 Å². The molecule has 0 amide bonds. The molecule has 0 aliphatic carbocycles. The van der Waals surface area contributed by atoms with Crippen molar-refractivity contribution in [2.45, 2.75) is 25.7 Å². The van der Waals surface area contributed by atoms with Crippen molar-refractivity contribution in [1.29, 1.82) is 0 Å². The van der Waals surface area contributed by atoms with E-state index in [0.29, 0.717) is 50.4 Å². The summed E-state index contributed by atoms with van der Waals surface area (Å²) in [6, 6.07) is 15.0. The van der Waals surface area contributed by atoms with Gasteiger partial charge >= 0.3 is 23.9 Å². The maximum absolute atomic E-state index is 12.6. The molecule has 0 aliphatic heterocycles. The SMILES string of the molecule is C=CC(=O)OCCCCOc1ccc(C(=O)Oc2ccc(OC(=O)c3ccc(OCCCCOC(=O)C=C)c(Cl)c3)cc2)cc1Cl. The Balaban J connectivity index is 1.43. The molecule has 46 heavy (non-hydrogen) atoms. The lowest BCUT2D eigenvalue weighted by Crippen LogP contribution is -2.10. The molecule has 3 rings (SSSR count). The van der Waals surface area contributed by atoms with Gasteiger partial charge < -0.3 is 28.4 Å². The number of benzene rings is 3. The Bertz CT molecular complexity index is 1420. The highest BCUT2D eigenvalue weighted by Crippen LogP contribution is 2.28. The van der Waals surface area contributed by atoms with Gasteiger partial charge in [0, 0.05) is 12.2 Å². The first-order chi connectivity index (χ1) is 22.2. The molecule has 0 saturated heterocycles. The van der Waals surface area contributed by atoms with Gasteiger partial charge in [-0.1, -0.05) is 36.4 Å². The molecule has 0 unspecified atom stereocenters. The molecule has 0 atom stereocenters. The number of esters is 4. The predicted octanol–water partition coefficient (Wildman–Crippen LogP) is 7.21. The van der Waals surface area contributed by atoms with Gasteiger partial charge in [0.05, 0.1) is 47.6 Å². The molecule has 242 valence electrons. The first kappa shape index (κ1) is 35.7. The number of hydrogen-bond donors (Lipinski definition) is 0. The van der Waals surface area contributed by atoms with E-state index in [1.807, 2.05) is 0 Å². The van der Waals surface area contributed by atoms with Crippen LogP contribution in [0.4, 0.5) is 0 Å². The molecule has 0 N–H and O–H groups in total. The molecule has 0 radical (unpaired) electrons. The monoisotopic (exact) mass is 670 g/mol. The fourth-order valence-electron chi connectivity index (χ4n) is 3.63. The summed E-state index contributed by atoms with van der Waals surface area (Å²) in [6.07, 6.45) is 4.68. The first-order valence-electron chi connectivity index (χ1n) is 14.2. The van der Waals surface area contributed by atoms with Crippen molar-refractivity contribution >= 4 is 47.1 Å². The number of hydrogen-bond acceptors (Lipinski definition) is 10. The second-order valence-corrected chi connectivity index (χ2v) is 10.2. The summed E-state index contributed by atoms with van der Waals surface area (Å²) in [7, 11) is 0. The van der Waals surface area contributed by atoms with Crippen LogP contribution in [0.5, 0.6) is 23.0 Å². The van der Waals surface area contributed by atoms with Crippen LogP contribution in [0.25, 0.3) is 0 Å². The third-order valence-corrected chi connectivity index (χ3v) is 6.59. The Kier molecular flexibility index (Phi) is 14.6. The van der Waals surface area contributed by atoms with Crippen LogP contribution >= 0.6 is 23.2 Å². The second kappa shape index (κ2) is 18.9. The van der Waals surface area contributed by atoms with Crippen LogP contribution in [0.2, 0.25) is 10.0 Å². The van der Waals surface area contributed by atoms with Crippen LogP contribution in [0, 0.1) is 0 Å². The third kappa shape index (κ3) is 11.9. The molecule has 0 aromatic heterocycles. The summed E-state index contributed by atoms with van der Waals surface area (Å²) >= 11 is 12.5. The van der Waals surface area contributed by atoms with Crippen molar-refractivity contribution in [2.75, 3.05) is 26.4 Å². The Morgan fingerprint density at radius 1 is 0.565 bits per heavy atom. The van der Waals surface area contributed by atoms with Crippen LogP contribution < -0.4 is 18.9 Å². The number of unbranched alkanes of at least 4 members (excludes halogenated alkanes) is 2. The van der Waals surface area contributed by atoms with Crippen LogP contribution in [0.1, 0.15) is 46.4 Å². The summed E-state index contributed by atoms with van der Waals surface area (Å²) in [5, 5.41) is 0.469. The van der Waals surface area contributed by atoms with Crippen molar-refractivity contribution in [2.24, 2.45) is 0 Å². The van der Waals surface area contributed by atoms with E-state index in [9.17, 15) is 19.2 Å². The Labute approximate surface area is 276 Å². The normalized spacial score (nSPS) is 10.3. The smallest absolute Gasteiger partial charge is 0.343 e. The minimum atomic E-state index is -0.643. The molecule has 3 aromatic rings. The predicted molar refractivity (Wildman–Crippen MR) is 171 cm³/mol. The zero-order valence-electron chi connectivity index (χ0n) is 24.8. The van der Waals surface area contributed by atoms with Gasteiger partial charge in [-0.05, 0) is 86.3 Å². The van der Waals surface area contributed by atoms with Crippen molar-refractivity contribution in [1.82, 2.24) is 0 Å². The first-order valence-corrected chi connectivity index (χ1v) is 14.9. The van der Waals surface area contributed by atoms with E-state index in [4.69, 9.17) is 51.6 Å². The number of halogens is 2. The maximum atomic E-state index is 12.6. The van der Waals surface area contributed by atoms with E-state index in [1.54, 1.807) is 12.1 Å². The van der Waals surface area contributed by atoms with Gasteiger partial charge in [-0.25, -0.2) is 19.2 Å². The molecule has 0 bridgehead atoms. The molecule has 0 aliphatic rings. The zero-order valence-corrected chi connectivity index (χ0v) is 26.3. The van der Waals surface area contributed by atoms with E-state index in [2.05, 4.69) is 13.2 Å². The summed E-state index contributed by atoms with van der Waals surface area (Å²) < 4.78 is 31.9. The fourth-order valence-corrected chi connectivity index (χ4v) is 4.10. The zero-order chi connectivity index (χ0) is 33.3. The number of rotatable bonds is 18. The molecule has 12 heteroatoms. The molecular formula is C34H32Cl2O10. The lowest BCUT2D eigenvalue weighted by atomic mass is 10.2. The minimum Gasteiger partial charge on any atom is -0.492 e. The Morgan fingerprint density at radius 3 is 1.28 bits per heavy atom. The standard InChI is InChI=1S/C34H32Cl2O10/c1-3-31(37)43-19-7-5-17-41-29-15-9-23(21-27(29)35)33(39)45-25-11-13-26(14-12-25)46-34(40)24-10-16-30(28(36)22-24)42-18-6-8-20-44-32(38)4-2/h3-4,9-16,21-22H,1-2,5-8,17-20H2. The third-order valence-electron chi connectivity index (χ3n) is 5.99. The van der Waals surface area contributed by atoms with Gasteiger partial charge in [-0.2, -0.15) is 0 Å². The number of carbonyl (C=O) groups excluding carboxylic acids is 4. The van der Waals surface area contributed by atoms with E-state index in [-0.39, 0.29) is 45.9 Å². The number of carbonyl (C=O) groups is 4. The fraction of sp³-hybridized carbons (Fsp3) is 0.235. The van der Waals surface area contributed by atoms with Gasteiger partial charge in [0.15, 0.2) is 0 Å². The molecule has 0 saturated carbocycles. The largest absolute Gasteiger partial charge is 0.492 e. The quantitative estimate of drug-likeness (QED) is 0.0593. The molecule has 0 spiro atoms. The summed E-state index contributed by atoms with van der Waals surface area (Å²) in [5.74, 6) is -0.988. The lowest BCUT2D eigenvalue weighted by Gasteiger charge is -2.11. The van der Waals surface area contributed by atoms with Crippen LogP contribution in [-0.2, 0) is 19.1 Å². The van der Waals surface area contributed by atoms with Crippen molar-refractivity contribution < 1.29 is 47.6 Å². The molecule has 0 heterocycles. The molecule has 3 aromatic carbocycles. The van der Waals surface area contributed by atoms with Gasteiger partial charge in [-0.15, -0.1) is 0 Å². The lowest BCUT2D eigenvalue weighted by molar-refractivity contribution is -0.138. The van der Waals surface area contributed by atoms with E-state index in [0.717, 1.165) is 12.2 Å². The van der Waals surface area contributed by atoms with Gasteiger partial charge in [0.2, 0.25) is 0 Å². The summed E-state index contributed by atoms with van der Waals surface area (Å²) in [6.45, 7) is 7.87. The van der Waals surface area contributed by atoms with E-state index >= 15 is 0 Å². The van der Waals surface area contributed by atoms with Gasteiger partial charge in [-0.3, -0.25) is 0 Å². The topological polar surface area (TPSA) is 124 Å². The summed E-state index contributed by atoms with van der Waals surface area (Å²) in [5.41, 5.74) is 0.421.